The molecule has 1 aliphatic rings. The topological polar surface area (TPSA) is 103 Å². The van der Waals surface area contributed by atoms with E-state index in [9.17, 15) is 14.7 Å². The Morgan fingerprint density at radius 2 is 1.77 bits per heavy atom. The minimum Gasteiger partial charge on any atom is -0.507 e. The van der Waals surface area contributed by atoms with Crippen LogP contribution in [0, 0.1) is 0 Å². The Morgan fingerprint density at radius 3 is 2.45 bits per heavy atom. The van der Waals surface area contributed by atoms with Gasteiger partial charge in [0.05, 0.1) is 38.3 Å². The number of Topliss-reactive ketones (excluding diaryl/α,β-unsaturated/α-hetero) is 1. The number of methoxy groups -OCH3 is 1. The van der Waals surface area contributed by atoms with Gasteiger partial charge in [-0.25, -0.2) is 4.98 Å². The van der Waals surface area contributed by atoms with Gasteiger partial charge in [0.2, 0.25) is 0 Å². The van der Waals surface area contributed by atoms with Gasteiger partial charge in [0, 0.05) is 31.0 Å². The Kier molecular flexibility index (Phi) is 9.83. The van der Waals surface area contributed by atoms with Crippen molar-refractivity contribution in [3.63, 3.8) is 0 Å². The third-order valence-corrected chi connectivity index (χ3v) is 6.87. The third kappa shape index (κ3) is 6.47. The van der Waals surface area contributed by atoms with Gasteiger partial charge in [-0.05, 0) is 61.7 Å². The molecule has 2 heterocycles. The smallest absolute Gasteiger partial charge is 0.295 e. The number of carbonyl (C=O) groups is 2. The highest BCUT2D eigenvalue weighted by Crippen LogP contribution is 2.42. The van der Waals surface area contributed by atoms with Crippen LogP contribution in [0.2, 0.25) is 0 Å². The molecule has 4 rings (SSSR count). The second kappa shape index (κ2) is 13.7. The summed E-state index contributed by atoms with van der Waals surface area (Å²) >= 11 is 0. The minimum absolute atomic E-state index is 0.0388. The van der Waals surface area contributed by atoms with Crippen LogP contribution in [0.1, 0.15) is 56.7 Å². The zero-order valence-corrected chi connectivity index (χ0v) is 23.3. The standard InChI is InChI=1S/C31H37N3O6/c1-4-6-7-19-40-25-14-11-23(20-26(25)39-5-2)28-27(29(35)22-9-12-24(38-3)13-10-22)30(36)31(37)34(28)17-8-16-33-18-15-32-21-33/h9-15,18,20-21,28,35H,4-8,16-17,19H2,1-3H3. The molecular formula is C31H37N3O6. The van der Waals surface area contributed by atoms with Crippen LogP contribution in [0.4, 0.5) is 0 Å². The second-order valence-corrected chi connectivity index (χ2v) is 9.57. The molecule has 1 unspecified atom stereocenters. The summed E-state index contributed by atoms with van der Waals surface area (Å²) in [5.74, 6) is 0.145. The first-order valence-electron chi connectivity index (χ1n) is 13.8. The van der Waals surface area contributed by atoms with Gasteiger partial charge < -0.3 is 28.8 Å². The summed E-state index contributed by atoms with van der Waals surface area (Å²) in [6, 6.07) is 11.4. The van der Waals surface area contributed by atoms with Crippen molar-refractivity contribution in [3.8, 4) is 17.2 Å². The van der Waals surface area contributed by atoms with E-state index in [1.54, 1.807) is 50.0 Å². The number of aryl methyl sites for hydroxylation is 1. The van der Waals surface area contributed by atoms with E-state index in [4.69, 9.17) is 14.2 Å². The predicted molar refractivity (Wildman–Crippen MR) is 151 cm³/mol. The molecule has 212 valence electrons. The maximum atomic E-state index is 13.4. The first-order chi connectivity index (χ1) is 19.5. The number of benzene rings is 2. The summed E-state index contributed by atoms with van der Waals surface area (Å²) in [4.78, 5) is 32.3. The number of hydrogen-bond donors (Lipinski definition) is 1. The minimum atomic E-state index is -0.793. The Balaban J connectivity index is 1.72. The van der Waals surface area contributed by atoms with Crippen LogP contribution in [-0.2, 0) is 16.1 Å². The zero-order valence-electron chi connectivity index (χ0n) is 23.3. The summed E-state index contributed by atoms with van der Waals surface area (Å²) in [5, 5.41) is 11.4. The van der Waals surface area contributed by atoms with Crippen molar-refractivity contribution in [1.82, 2.24) is 14.5 Å². The number of amides is 1. The molecule has 1 fully saturated rings. The first-order valence-corrected chi connectivity index (χ1v) is 13.8. The third-order valence-electron chi connectivity index (χ3n) is 6.87. The van der Waals surface area contributed by atoms with Crippen LogP contribution in [0.25, 0.3) is 5.76 Å². The largest absolute Gasteiger partial charge is 0.507 e. The number of ketones is 1. The normalized spacial score (nSPS) is 16.4. The molecule has 1 N–H and O–H groups in total. The van der Waals surface area contributed by atoms with Gasteiger partial charge in [-0.3, -0.25) is 9.59 Å². The van der Waals surface area contributed by atoms with E-state index >= 15 is 0 Å². The van der Waals surface area contributed by atoms with Crippen LogP contribution in [0.3, 0.4) is 0 Å². The van der Waals surface area contributed by atoms with E-state index in [0.29, 0.717) is 61.1 Å². The molecule has 3 aromatic rings. The zero-order chi connectivity index (χ0) is 28.5. The van der Waals surface area contributed by atoms with Gasteiger partial charge in [0.1, 0.15) is 11.5 Å². The van der Waals surface area contributed by atoms with Crippen molar-refractivity contribution in [1.29, 1.82) is 0 Å². The number of nitrogens with zero attached hydrogens (tertiary/aromatic N) is 3. The van der Waals surface area contributed by atoms with Crippen LogP contribution in [0.5, 0.6) is 17.2 Å². The number of ether oxygens (including phenoxy) is 3. The maximum absolute atomic E-state index is 13.4. The van der Waals surface area contributed by atoms with E-state index in [0.717, 1.165) is 19.3 Å². The van der Waals surface area contributed by atoms with Gasteiger partial charge in [-0.1, -0.05) is 25.8 Å². The summed E-state index contributed by atoms with van der Waals surface area (Å²) in [5.41, 5.74) is 1.11. The lowest BCUT2D eigenvalue weighted by atomic mass is 9.95. The highest BCUT2D eigenvalue weighted by atomic mass is 16.5. The Bertz CT molecular complexity index is 1320. The second-order valence-electron chi connectivity index (χ2n) is 9.57. The summed E-state index contributed by atoms with van der Waals surface area (Å²) < 4.78 is 19.0. The number of imidazole rings is 1. The van der Waals surface area contributed by atoms with E-state index in [1.165, 1.54) is 4.90 Å². The first kappa shape index (κ1) is 28.7. The molecule has 0 bridgehead atoms. The van der Waals surface area contributed by atoms with Gasteiger partial charge in [-0.15, -0.1) is 0 Å². The van der Waals surface area contributed by atoms with Crippen molar-refractivity contribution < 1.29 is 28.9 Å². The molecule has 1 amide bonds. The lowest BCUT2D eigenvalue weighted by Gasteiger charge is -2.26. The molecule has 0 saturated carbocycles. The van der Waals surface area contributed by atoms with E-state index < -0.39 is 17.7 Å². The lowest BCUT2D eigenvalue weighted by Crippen LogP contribution is -2.31. The van der Waals surface area contributed by atoms with Gasteiger partial charge in [0.15, 0.2) is 11.5 Å². The number of hydrogen-bond acceptors (Lipinski definition) is 7. The highest BCUT2D eigenvalue weighted by molar-refractivity contribution is 6.46. The van der Waals surface area contributed by atoms with Crippen LogP contribution < -0.4 is 14.2 Å². The van der Waals surface area contributed by atoms with Crippen LogP contribution >= 0.6 is 0 Å². The van der Waals surface area contributed by atoms with Crippen molar-refractivity contribution in [2.45, 2.75) is 52.1 Å². The molecule has 9 nitrogen and oxygen atoms in total. The predicted octanol–water partition coefficient (Wildman–Crippen LogP) is 5.37. The SMILES string of the molecule is CCCCCOc1ccc(C2C(=C(O)c3ccc(OC)cc3)C(=O)C(=O)N2CCCn2ccnc2)cc1OCC. The van der Waals surface area contributed by atoms with Gasteiger partial charge in [0.25, 0.3) is 11.7 Å². The summed E-state index contributed by atoms with van der Waals surface area (Å²) in [6.07, 6.45) is 8.95. The average molecular weight is 548 g/mol. The lowest BCUT2D eigenvalue weighted by molar-refractivity contribution is -0.139. The molecule has 0 spiro atoms. The van der Waals surface area contributed by atoms with Crippen molar-refractivity contribution in [2.24, 2.45) is 0 Å². The highest BCUT2D eigenvalue weighted by Gasteiger charge is 2.46. The van der Waals surface area contributed by atoms with Gasteiger partial charge >= 0.3 is 0 Å². The fourth-order valence-corrected chi connectivity index (χ4v) is 4.82. The van der Waals surface area contributed by atoms with Crippen molar-refractivity contribution in [2.75, 3.05) is 26.9 Å². The Hall–Kier alpha value is -4.27. The van der Waals surface area contributed by atoms with Crippen LogP contribution in [-0.4, -0.2) is 58.1 Å². The Labute approximate surface area is 235 Å². The Morgan fingerprint density at radius 1 is 0.975 bits per heavy atom. The monoisotopic (exact) mass is 547 g/mol. The van der Waals surface area contributed by atoms with E-state index in [-0.39, 0.29) is 11.3 Å². The fraction of sp³-hybridized carbons (Fsp3) is 0.387. The number of aliphatic hydroxyl groups excluding tert-OH is 1. The number of aliphatic hydroxyl groups is 1. The van der Waals surface area contributed by atoms with E-state index in [2.05, 4.69) is 11.9 Å². The van der Waals surface area contributed by atoms with Crippen molar-refractivity contribution >= 4 is 17.4 Å². The summed E-state index contributed by atoms with van der Waals surface area (Å²) in [6.45, 7) is 5.95. The molecule has 1 aromatic heterocycles. The quantitative estimate of drug-likeness (QED) is 0.125. The molecule has 2 aromatic carbocycles. The molecule has 9 heteroatoms. The molecular weight excluding hydrogens is 510 g/mol. The number of rotatable bonds is 14. The molecule has 0 aliphatic carbocycles. The molecule has 1 aliphatic heterocycles. The number of aromatic nitrogens is 2. The molecule has 1 saturated heterocycles. The average Bonchev–Trinajstić information content (AvgIpc) is 3.58. The van der Waals surface area contributed by atoms with Crippen molar-refractivity contribution in [3.05, 3.63) is 77.9 Å². The molecule has 0 radical (unpaired) electrons. The maximum Gasteiger partial charge on any atom is 0.295 e. The molecule has 1 atom stereocenters. The number of likely N-dealkylation sites (tertiary alicyclic amines) is 1. The molecule has 40 heavy (non-hydrogen) atoms. The van der Waals surface area contributed by atoms with E-state index in [1.807, 2.05) is 29.8 Å². The summed E-state index contributed by atoms with van der Waals surface area (Å²) in [7, 11) is 1.55. The van der Waals surface area contributed by atoms with Gasteiger partial charge in [-0.2, -0.15) is 0 Å². The number of unbranched alkanes of at least 4 members (excludes halogenated alkanes) is 2. The fourth-order valence-electron chi connectivity index (χ4n) is 4.82. The number of carbonyl (C=O) groups excluding carboxylic acids is 2. The van der Waals surface area contributed by atoms with Crippen LogP contribution in [0.15, 0.2) is 66.8 Å².